The van der Waals surface area contributed by atoms with Gasteiger partial charge in [-0.15, -0.1) is 10.2 Å². The van der Waals surface area contributed by atoms with E-state index < -0.39 is 6.04 Å². The molecule has 0 bridgehead atoms. The highest BCUT2D eigenvalue weighted by Gasteiger charge is 2.23. The molecule has 9 heteroatoms. The van der Waals surface area contributed by atoms with Crippen molar-refractivity contribution in [1.82, 2.24) is 25.0 Å². The molecule has 1 fully saturated rings. The van der Waals surface area contributed by atoms with Crippen LogP contribution in [0.25, 0.3) is 5.69 Å². The van der Waals surface area contributed by atoms with E-state index in [9.17, 15) is 9.59 Å². The molecular weight excluding hydrogens is 366 g/mol. The molecule has 1 aromatic carbocycles. The number of nitrogens with one attached hydrogen (secondary N) is 1. The summed E-state index contributed by atoms with van der Waals surface area (Å²) in [5.41, 5.74) is 2.10. The topological polar surface area (TPSA) is 89.3 Å². The van der Waals surface area contributed by atoms with E-state index in [-0.39, 0.29) is 17.6 Å². The monoisotopic (exact) mass is 389 g/mol. The van der Waals surface area contributed by atoms with Crippen LogP contribution in [-0.4, -0.2) is 69.6 Å². The van der Waals surface area contributed by atoms with Gasteiger partial charge < -0.3 is 15.0 Å². The van der Waals surface area contributed by atoms with Crippen LogP contribution in [0.1, 0.15) is 12.5 Å². The molecule has 8 nitrogen and oxygen atoms in total. The molecule has 1 atom stereocenters. The molecule has 2 heterocycles. The number of ether oxygens (including phenoxy) is 1. The SMILES string of the molecule is Cc1ccc(-n2cnnc2SCC(=O)N[C@@H](C)C(=O)N2CCOCC2)cc1. The number of morpholine rings is 1. The second-order valence-electron chi connectivity index (χ2n) is 6.33. The van der Waals surface area contributed by atoms with Crippen LogP contribution in [0, 0.1) is 6.92 Å². The molecule has 0 radical (unpaired) electrons. The summed E-state index contributed by atoms with van der Waals surface area (Å²) < 4.78 is 7.08. The number of nitrogens with zero attached hydrogens (tertiary/aromatic N) is 4. The molecule has 0 saturated carbocycles. The van der Waals surface area contributed by atoms with E-state index in [1.54, 1.807) is 18.2 Å². The Hall–Kier alpha value is -2.39. The lowest BCUT2D eigenvalue weighted by Crippen LogP contribution is -2.50. The summed E-state index contributed by atoms with van der Waals surface area (Å²) in [7, 11) is 0. The number of rotatable bonds is 6. The summed E-state index contributed by atoms with van der Waals surface area (Å²) in [5, 5.41) is 11.4. The highest BCUT2D eigenvalue weighted by molar-refractivity contribution is 7.99. The van der Waals surface area contributed by atoms with Gasteiger partial charge in [0.2, 0.25) is 11.8 Å². The van der Waals surface area contributed by atoms with Crippen molar-refractivity contribution in [2.24, 2.45) is 0 Å². The minimum Gasteiger partial charge on any atom is -0.378 e. The maximum atomic E-state index is 12.4. The van der Waals surface area contributed by atoms with Gasteiger partial charge in [0.05, 0.1) is 19.0 Å². The van der Waals surface area contributed by atoms with Gasteiger partial charge in [-0.3, -0.25) is 14.2 Å². The second kappa shape index (κ2) is 9.01. The summed E-state index contributed by atoms with van der Waals surface area (Å²) in [6, 6.07) is 7.41. The van der Waals surface area contributed by atoms with Crippen LogP contribution in [0.15, 0.2) is 35.7 Å². The Labute approximate surface area is 162 Å². The molecule has 2 amide bonds. The van der Waals surface area contributed by atoms with Crippen molar-refractivity contribution in [3.05, 3.63) is 36.2 Å². The fourth-order valence-corrected chi connectivity index (χ4v) is 3.48. The van der Waals surface area contributed by atoms with Gasteiger partial charge in [0.15, 0.2) is 5.16 Å². The van der Waals surface area contributed by atoms with Gasteiger partial charge in [-0.2, -0.15) is 0 Å². The molecular formula is C18H23N5O3S. The fourth-order valence-electron chi connectivity index (χ4n) is 2.74. The van der Waals surface area contributed by atoms with E-state index in [4.69, 9.17) is 4.74 Å². The molecule has 1 aliphatic rings. The van der Waals surface area contributed by atoms with Gasteiger partial charge in [-0.1, -0.05) is 29.5 Å². The quantitative estimate of drug-likeness (QED) is 0.743. The second-order valence-corrected chi connectivity index (χ2v) is 7.28. The number of carbonyl (C=O) groups is 2. The minimum absolute atomic E-state index is 0.0838. The largest absolute Gasteiger partial charge is 0.378 e. The first-order valence-electron chi connectivity index (χ1n) is 8.80. The Morgan fingerprint density at radius 3 is 2.67 bits per heavy atom. The molecule has 27 heavy (non-hydrogen) atoms. The minimum atomic E-state index is -0.564. The van der Waals surface area contributed by atoms with Crippen LogP contribution in [0.4, 0.5) is 0 Å². The number of thioether (sulfide) groups is 1. The summed E-state index contributed by atoms with van der Waals surface area (Å²) in [4.78, 5) is 26.3. The maximum absolute atomic E-state index is 12.4. The van der Waals surface area contributed by atoms with Crippen molar-refractivity contribution in [2.45, 2.75) is 25.0 Å². The normalized spacial score (nSPS) is 15.4. The summed E-state index contributed by atoms with van der Waals surface area (Å²) in [5.74, 6) is -0.141. The average Bonchev–Trinajstić information content (AvgIpc) is 3.15. The fraction of sp³-hybridized carbons (Fsp3) is 0.444. The van der Waals surface area contributed by atoms with E-state index >= 15 is 0 Å². The third-order valence-electron chi connectivity index (χ3n) is 4.23. The maximum Gasteiger partial charge on any atom is 0.245 e. The third-order valence-corrected chi connectivity index (χ3v) is 5.17. The Morgan fingerprint density at radius 1 is 1.26 bits per heavy atom. The van der Waals surface area contributed by atoms with Gasteiger partial charge in [0.1, 0.15) is 12.4 Å². The highest BCUT2D eigenvalue weighted by atomic mass is 32.2. The molecule has 1 aromatic heterocycles. The van der Waals surface area contributed by atoms with Gasteiger partial charge in [0.25, 0.3) is 0 Å². The predicted octanol–water partition coefficient (Wildman–Crippen LogP) is 1.03. The summed E-state index contributed by atoms with van der Waals surface area (Å²) in [6.07, 6.45) is 1.62. The molecule has 0 spiro atoms. The first-order chi connectivity index (χ1) is 13.0. The Kier molecular flexibility index (Phi) is 6.46. The van der Waals surface area contributed by atoms with Gasteiger partial charge >= 0.3 is 0 Å². The van der Waals surface area contributed by atoms with Crippen LogP contribution in [0.3, 0.4) is 0 Å². The molecule has 0 aliphatic carbocycles. The lowest BCUT2D eigenvalue weighted by Gasteiger charge is -2.29. The first-order valence-corrected chi connectivity index (χ1v) is 9.79. The van der Waals surface area contributed by atoms with Crippen LogP contribution < -0.4 is 5.32 Å². The van der Waals surface area contributed by atoms with E-state index in [0.29, 0.717) is 31.5 Å². The highest BCUT2D eigenvalue weighted by Crippen LogP contribution is 2.19. The number of carbonyl (C=O) groups excluding carboxylic acids is 2. The molecule has 0 unspecified atom stereocenters. The van der Waals surface area contributed by atoms with Crippen LogP contribution in [-0.2, 0) is 14.3 Å². The Balaban J connectivity index is 1.53. The van der Waals surface area contributed by atoms with Gasteiger partial charge in [-0.25, -0.2) is 0 Å². The van der Waals surface area contributed by atoms with E-state index in [2.05, 4.69) is 15.5 Å². The smallest absolute Gasteiger partial charge is 0.245 e. The number of aryl methyl sites for hydroxylation is 1. The van der Waals surface area contributed by atoms with Crippen LogP contribution in [0.5, 0.6) is 0 Å². The number of benzene rings is 1. The summed E-state index contributed by atoms with van der Waals surface area (Å²) >= 11 is 1.28. The van der Waals surface area contributed by atoms with Crippen molar-refractivity contribution in [1.29, 1.82) is 0 Å². The molecule has 3 rings (SSSR count). The first kappa shape index (κ1) is 19.4. The standard InChI is InChI=1S/C18H23N5O3S/c1-13-3-5-15(6-4-13)23-12-19-21-18(23)27-11-16(24)20-14(2)17(25)22-7-9-26-10-8-22/h3-6,12,14H,7-11H2,1-2H3,(H,20,24)/t14-/m0/s1. The molecule has 144 valence electrons. The molecule has 2 aromatic rings. The average molecular weight is 389 g/mol. The van der Waals surface area contributed by atoms with Crippen molar-refractivity contribution >= 4 is 23.6 Å². The van der Waals surface area contributed by atoms with Crippen molar-refractivity contribution in [3.8, 4) is 5.69 Å². The van der Waals surface area contributed by atoms with E-state index in [1.807, 2.05) is 35.8 Å². The zero-order valence-corrected chi connectivity index (χ0v) is 16.2. The predicted molar refractivity (Wildman–Crippen MR) is 102 cm³/mol. The van der Waals surface area contributed by atoms with Crippen molar-refractivity contribution in [2.75, 3.05) is 32.1 Å². The van der Waals surface area contributed by atoms with Crippen LogP contribution >= 0.6 is 11.8 Å². The number of hydrogen-bond acceptors (Lipinski definition) is 6. The van der Waals surface area contributed by atoms with Crippen molar-refractivity contribution in [3.63, 3.8) is 0 Å². The van der Waals surface area contributed by atoms with Crippen molar-refractivity contribution < 1.29 is 14.3 Å². The zero-order chi connectivity index (χ0) is 19.2. The van der Waals surface area contributed by atoms with E-state index in [1.165, 1.54) is 17.3 Å². The zero-order valence-electron chi connectivity index (χ0n) is 15.4. The van der Waals surface area contributed by atoms with Gasteiger partial charge in [0, 0.05) is 18.8 Å². The Bertz CT molecular complexity index is 787. The third kappa shape index (κ3) is 5.08. The molecule has 1 aliphatic heterocycles. The van der Waals surface area contributed by atoms with Gasteiger partial charge in [-0.05, 0) is 26.0 Å². The number of hydrogen-bond donors (Lipinski definition) is 1. The number of aromatic nitrogens is 3. The lowest BCUT2D eigenvalue weighted by molar-refractivity contribution is -0.139. The molecule has 1 saturated heterocycles. The van der Waals surface area contributed by atoms with E-state index in [0.717, 1.165) is 5.69 Å². The summed E-state index contributed by atoms with van der Waals surface area (Å²) in [6.45, 7) is 5.93. The molecule has 1 N–H and O–H groups in total. The van der Waals surface area contributed by atoms with Crippen LogP contribution in [0.2, 0.25) is 0 Å². The number of amides is 2. The lowest BCUT2D eigenvalue weighted by atomic mass is 10.2. The Morgan fingerprint density at radius 2 is 1.96 bits per heavy atom.